The number of carbonyl (C=O) groups is 2. The largest absolute Gasteiger partial charge is 0.325 e. The normalized spacial score (nSPS) is 17.5. The zero-order valence-electron chi connectivity index (χ0n) is 13.7. The van der Waals surface area contributed by atoms with Crippen LogP contribution in [-0.4, -0.2) is 40.8 Å². The number of piperazine rings is 1. The summed E-state index contributed by atoms with van der Waals surface area (Å²) in [4.78, 5) is 38.7. The Balaban J connectivity index is 1.77. The summed E-state index contributed by atoms with van der Waals surface area (Å²) < 4.78 is 0. The van der Waals surface area contributed by atoms with Gasteiger partial charge in [-0.2, -0.15) is 0 Å². The molecule has 0 unspecified atom stereocenters. The number of benzene rings is 2. The summed E-state index contributed by atoms with van der Waals surface area (Å²) in [6.45, 7) is 2.44. The number of nitro benzene ring substituents is 1. The lowest BCUT2D eigenvalue weighted by atomic mass is 10.1. The maximum absolute atomic E-state index is 12.7. The summed E-state index contributed by atoms with van der Waals surface area (Å²) in [5.41, 5.74) is 1.11. The van der Waals surface area contributed by atoms with E-state index in [0.717, 1.165) is 0 Å². The molecule has 2 amide bonds. The van der Waals surface area contributed by atoms with E-state index in [1.807, 2.05) is 6.07 Å². The maximum Gasteiger partial charge on any atom is 0.269 e. The first-order valence-corrected chi connectivity index (χ1v) is 7.91. The van der Waals surface area contributed by atoms with Gasteiger partial charge in [-0.25, -0.2) is 0 Å². The quantitative estimate of drug-likeness (QED) is 0.635. The van der Waals surface area contributed by atoms with E-state index >= 15 is 0 Å². The number of nitro groups is 1. The molecule has 0 aliphatic carbocycles. The predicted octanol–water partition coefficient (Wildman–Crippen LogP) is 2.47. The van der Waals surface area contributed by atoms with Gasteiger partial charge in [0.05, 0.1) is 4.92 Å². The molecule has 2 aromatic rings. The highest BCUT2D eigenvalue weighted by molar-refractivity contribution is 6.03. The van der Waals surface area contributed by atoms with Gasteiger partial charge in [-0.15, -0.1) is 0 Å². The van der Waals surface area contributed by atoms with E-state index in [-0.39, 0.29) is 17.5 Å². The van der Waals surface area contributed by atoms with E-state index in [0.29, 0.717) is 24.3 Å². The molecule has 0 radical (unpaired) electrons. The van der Waals surface area contributed by atoms with Gasteiger partial charge in [-0.1, -0.05) is 18.2 Å². The van der Waals surface area contributed by atoms with Crippen molar-refractivity contribution in [2.45, 2.75) is 13.0 Å². The molecular weight excluding hydrogens is 322 g/mol. The minimum absolute atomic E-state index is 0.0258. The third kappa shape index (κ3) is 3.21. The van der Waals surface area contributed by atoms with Gasteiger partial charge in [0.2, 0.25) is 5.91 Å². The Morgan fingerprint density at radius 2 is 1.72 bits per heavy atom. The van der Waals surface area contributed by atoms with Gasteiger partial charge in [0.25, 0.3) is 11.6 Å². The van der Waals surface area contributed by atoms with Crippen molar-refractivity contribution in [3.8, 4) is 0 Å². The number of non-ortho nitro benzene ring substituents is 1. The van der Waals surface area contributed by atoms with Crippen LogP contribution in [0.15, 0.2) is 54.6 Å². The van der Waals surface area contributed by atoms with Crippen molar-refractivity contribution >= 4 is 23.2 Å². The smallest absolute Gasteiger partial charge is 0.269 e. The number of carbonyl (C=O) groups excluding carboxylic acids is 2. The molecule has 1 aliphatic rings. The van der Waals surface area contributed by atoms with Crippen LogP contribution in [0.4, 0.5) is 11.4 Å². The van der Waals surface area contributed by atoms with Crippen molar-refractivity contribution in [3.05, 3.63) is 70.3 Å². The molecule has 1 atom stereocenters. The summed E-state index contributed by atoms with van der Waals surface area (Å²) in [7, 11) is 0. The molecule has 0 spiro atoms. The minimum atomic E-state index is -0.600. The van der Waals surface area contributed by atoms with Crippen LogP contribution in [-0.2, 0) is 4.79 Å². The van der Waals surface area contributed by atoms with Gasteiger partial charge in [0.15, 0.2) is 0 Å². The molecule has 0 bridgehead atoms. The fourth-order valence-corrected chi connectivity index (χ4v) is 2.91. The molecule has 7 nitrogen and oxygen atoms in total. The molecule has 3 rings (SSSR count). The highest BCUT2D eigenvalue weighted by Crippen LogP contribution is 2.24. The number of nitrogens with zero attached hydrogens (tertiary/aromatic N) is 3. The lowest BCUT2D eigenvalue weighted by Gasteiger charge is -2.39. The Kier molecular flexibility index (Phi) is 4.47. The van der Waals surface area contributed by atoms with Crippen molar-refractivity contribution in [3.63, 3.8) is 0 Å². The highest BCUT2D eigenvalue weighted by atomic mass is 16.6. The second kappa shape index (κ2) is 6.72. The Bertz CT molecular complexity index is 805. The van der Waals surface area contributed by atoms with E-state index < -0.39 is 11.0 Å². The van der Waals surface area contributed by atoms with Crippen molar-refractivity contribution < 1.29 is 14.5 Å². The topological polar surface area (TPSA) is 83.8 Å². The van der Waals surface area contributed by atoms with Crippen molar-refractivity contribution in [2.75, 3.05) is 18.0 Å². The van der Waals surface area contributed by atoms with Gasteiger partial charge in [0.1, 0.15) is 6.04 Å². The number of rotatable bonds is 3. The molecule has 0 N–H and O–H groups in total. The molecule has 0 saturated carbocycles. The van der Waals surface area contributed by atoms with E-state index in [1.54, 1.807) is 53.1 Å². The summed E-state index contributed by atoms with van der Waals surface area (Å²) >= 11 is 0. The van der Waals surface area contributed by atoms with Crippen LogP contribution in [0.1, 0.15) is 17.3 Å². The zero-order chi connectivity index (χ0) is 18.0. The third-order valence-corrected chi connectivity index (χ3v) is 4.31. The summed E-state index contributed by atoms with van der Waals surface area (Å²) in [6, 6.07) is 14.1. The van der Waals surface area contributed by atoms with E-state index in [4.69, 9.17) is 0 Å². The fraction of sp³-hybridized carbons (Fsp3) is 0.222. The van der Waals surface area contributed by atoms with Gasteiger partial charge in [-0.05, 0) is 31.2 Å². The standard InChI is InChI=1S/C18H17N3O4/c1-13-17(22)20(15-7-9-16(10-8-15)21(24)25)12-11-19(13)18(23)14-5-3-2-4-6-14/h2-10,13H,11-12H2,1H3/t13-/m1/s1. The van der Waals surface area contributed by atoms with E-state index in [9.17, 15) is 19.7 Å². The average molecular weight is 339 g/mol. The monoisotopic (exact) mass is 339 g/mol. The summed E-state index contributed by atoms with van der Waals surface area (Å²) in [5, 5.41) is 10.7. The average Bonchev–Trinajstić information content (AvgIpc) is 2.64. The minimum Gasteiger partial charge on any atom is -0.325 e. The molecular formula is C18H17N3O4. The van der Waals surface area contributed by atoms with Crippen LogP contribution in [0.3, 0.4) is 0 Å². The fourth-order valence-electron chi connectivity index (χ4n) is 2.91. The molecule has 0 aromatic heterocycles. The van der Waals surface area contributed by atoms with Crippen LogP contribution in [0.5, 0.6) is 0 Å². The number of amides is 2. The Morgan fingerprint density at radius 1 is 1.08 bits per heavy atom. The lowest BCUT2D eigenvalue weighted by Crippen LogP contribution is -2.57. The first kappa shape index (κ1) is 16.6. The van der Waals surface area contributed by atoms with Gasteiger partial charge in [-0.3, -0.25) is 19.7 Å². The van der Waals surface area contributed by atoms with E-state index in [1.165, 1.54) is 12.1 Å². The predicted molar refractivity (Wildman–Crippen MR) is 92.4 cm³/mol. The van der Waals surface area contributed by atoms with Gasteiger partial charge < -0.3 is 9.80 Å². The Labute approximate surface area is 144 Å². The molecule has 1 fully saturated rings. The third-order valence-electron chi connectivity index (χ3n) is 4.31. The van der Waals surface area contributed by atoms with Crippen molar-refractivity contribution in [2.24, 2.45) is 0 Å². The first-order chi connectivity index (χ1) is 12.0. The first-order valence-electron chi connectivity index (χ1n) is 7.91. The Morgan fingerprint density at radius 3 is 2.32 bits per heavy atom. The number of hydrogen-bond donors (Lipinski definition) is 0. The molecule has 128 valence electrons. The maximum atomic E-state index is 12.7. The second-order valence-corrected chi connectivity index (χ2v) is 5.80. The van der Waals surface area contributed by atoms with Crippen LogP contribution in [0, 0.1) is 10.1 Å². The van der Waals surface area contributed by atoms with Crippen LogP contribution < -0.4 is 4.90 Å². The molecule has 25 heavy (non-hydrogen) atoms. The van der Waals surface area contributed by atoms with Crippen molar-refractivity contribution in [1.82, 2.24) is 4.90 Å². The molecule has 1 saturated heterocycles. The van der Waals surface area contributed by atoms with Crippen LogP contribution in [0.25, 0.3) is 0 Å². The highest BCUT2D eigenvalue weighted by Gasteiger charge is 2.35. The van der Waals surface area contributed by atoms with Gasteiger partial charge >= 0.3 is 0 Å². The zero-order valence-corrected chi connectivity index (χ0v) is 13.7. The Hall–Kier alpha value is -3.22. The molecule has 1 aliphatic heterocycles. The number of hydrogen-bond acceptors (Lipinski definition) is 4. The molecule has 1 heterocycles. The molecule has 7 heteroatoms. The van der Waals surface area contributed by atoms with Crippen LogP contribution in [0.2, 0.25) is 0 Å². The SMILES string of the molecule is C[C@@H]1C(=O)N(c2ccc([N+](=O)[O-])cc2)CCN1C(=O)c1ccccc1. The van der Waals surface area contributed by atoms with E-state index in [2.05, 4.69) is 0 Å². The van der Waals surface area contributed by atoms with Crippen molar-refractivity contribution in [1.29, 1.82) is 0 Å². The van der Waals surface area contributed by atoms with Gasteiger partial charge in [0, 0.05) is 36.5 Å². The lowest BCUT2D eigenvalue weighted by molar-refractivity contribution is -0.384. The van der Waals surface area contributed by atoms with Crippen LogP contribution >= 0.6 is 0 Å². The number of anilines is 1. The summed E-state index contributed by atoms with van der Waals surface area (Å²) in [6.07, 6.45) is 0. The second-order valence-electron chi connectivity index (χ2n) is 5.80. The summed E-state index contributed by atoms with van der Waals surface area (Å²) in [5.74, 6) is -0.380. The molecule has 2 aromatic carbocycles.